The molecule has 152 valence electrons. The maximum Gasteiger partial charge on any atom is 0.306 e. The molecule has 0 radical (unpaired) electrons. The van der Waals surface area contributed by atoms with Crippen molar-refractivity contribution in [2.45, 2.75) is 25.9 Å². The Bertz CT molecular complexity index is 1230. The topological polar surface area (TPSA) is 111 Å². The molecule has 4 rings (SSSR count). The van der Waals surface area contributed by atoms with E-state index in [4.69, 9.17) is 20.9 Å². The van der Waals surface area contributed by atoms with Gasteiger partial charge in [0.25, 0.3) is 11.4 Å². The van der Waals surface area contributed by atoms with Gasteiger partial charge in [-0.05, 0) is 42.8 Å². The minimum absolute atomic E-state index is 0.107. The van der Waals surface area contributed by atoms with Crippen molar-refractivity contribution < 1.29 is 14.1 Å². The van der Waals surface area contributed by atoms with Crippen LogP contribution in [-0.4, -0.2) is 26.1 Å². The van der Waals surface area contributed by atoms with Gasteiger partial charge in [-0.3, -0.25) is 9.59 Å². The molecule has 9 heteroatoms. The van der Waals surface area contributed by atoms with Gasteiger partial charge in [-0.15, -0.1) is 0 Å². The maximum absolute atomic E-state index is 12.1. The number of hydrogen-bond donors (Lipinski definition) is 1. The number of nitrogens with one attached hydrogen (secondary N) is 1. The number of carbonyl (C=O) groups excluding carboxylic acids is 1. The number of H-pyrrole nitrogens is 1. The number of fused-ring (bicyclic) bond motifs is 1. The molecule has 0 atom stereocenters. The van der Waals surface area contributed by atoms with Gasteiger partial charge in [-0.25, -0.2) is 4.98 Å². The van der Waals surface area contributed by atoms with E-state index in [1.807, 2.05) is 6.07 Å². The SMILES string of the molecule is O=C(CCCc1nc2ccccc2c(=O)[nH]1)OCc1nc(-c2ccc(Cl)cc2)no1. The van der Waals surface area contributed by atoms with Gasteiger partial charge in [0.15, 0.2) is 6.61 Å². The summed E-state index contributed by atoms with van der Waals surface area (Å²) in [6.07, 6.45) is 1.12. The van der Waals surface area contributed by atoms with Crippen LogP contribution < -0.4 is 5.56 Å². The van der Waals surface area contributed by atoms with Crippen LogP contribution in [0.2, 0.25) is 5.02 Å². The monoisotopic (exact) mass is 424 g/mol. The van der Waals surface area contributed by atoms with Gasteiger partial charge in [0.1, 0.15) is 5.82 Å². The number of aromatic nitrogens is 4. The molecule has 2 aromatic heterocycles. The van der Waals surface area contributed by atoms with E-state index in [0.717, 1.165) is 5.56 Å². The molecule has 0 aliphatic heterocycles. The molecule has 0 bridgehead atoms. The summed E-state index contributed by atoms with van der Waals surface area (Å²) < 4.78 is 10.3. The quantitative estimate of drug-likeness (QED) is 0.450. The first kappa shape index (κ1) is 19.8. The van der Waals surface area contributed by atoms with Gasteiger partial charge in [0, 0.05) is 23.4 Å². The van der Waals surface area contributed by atoms with Crippen LogP contribution in [0.4, 0.5) is 0 Å². The minimum Gasteiger partial charge on any atom is -0.456 e. The van der Waals surface area contributed by atoms with Crippen LogP contribution in [0.25, 0.3) is 22.3 Å². The average Bonchev–Trinajstić information content (AvgIpc) is 3.22. The number of carbonyl (C=O) groups is 1. The zero-order valence-electron chi connectivity index (χ0n) is 15.8. The van der Waals surface area contributed by atoms with E-state index in [1.165, 1.54) is 0 Å². The first-order valence-corrected chi connectivity index (χ1v) is 9.68. The van der Waals surface area contributed by atoms with Gasteiger partial charge in [-0.2, -0.15) is 4.98 Å². The van der Waals surface area contributed by atoms with Crippen molar-refractivity contribution in [3.63, 3.8) is 0 Å². The van der Waals surface area contributed by atoms with Crippen molar-refractivity contribution >= 4 is 28.5 Å². The maximum atomic E-state index is 12.1. The Morgan fingerprint density at radius 2 is 1.90 bits per heavy atom. The number of esters is 1. The third-order valence-electron chi connectivity index (χ3n) is 4.38. The van der Waals surface area contributed by atoms with Crippen LogP contribution in [0.3, 0.4) is 0 Å². The van der Waals surface area contributed by atoms with E-state index in [-0.39, 0.29) is 24.5 Å². The fourth-order valence-electron chi connectivity index (χ4n) is 2.90. The Morgan fingerprint density at radius 3 is 2.73 bits per heavy atom. The molecule has 0 spiro atoms. The second-order valence-corrected chi connectivity index (χ2v) is 7.00. The Kier molecular flexibility index (Phi) is 5.85. The summed E-state index contributed by atoms with van der Waals surface area (Å²) in [5.74, 6) is 0.735. The average molecular weight is 425 g/mol. The number of rotatable bonds is 7. The molecule has 0 saturated carbocycles. The highest BCUT2D eigenvalue weighted by Gasteiger charge is 2.12. The number of hydrogen-bond acceptors (Lipinski definition) is 7. The first-order valence-electron chi connectivity index (χ1n) is 9.30. The highest BCUT2D eigenvalue weighted by Crippen LogP contribution is 2.19. The molecular formula is C21H17ClN4O4. The van der Waals surface area contributed by atoms with Crippen LogP contribution in [0, 0.1) is 0 Å². The molecular weight excluding hydrogens is 408 g/mol. The Balaban J connectivity index is 1.27. The van der Waals surface area contributed by atoms with Gasteiger partial charge in [0.05, 0.1) is 10.9 Å². The molecule has 0 saturated heterocycles. The van der Waals surface area contributed by atoms with Crippen molar-refractivity contribution in [3.8, 4) is 11.4 Å². The lowest BCUT2D eigenvalue weighted by molar-refractivity contribution is -0.145. The van der Waals surface area contributed by atoms with Crippen molar-refractivity contribution in [1.29, 1.82) is 0 Å². The Hall–Kier alpha value is -3.52. The number of ether oxygens (including phenoxy) is 1. The van der Waals surface area contributed by atoms with Crippen LogP contribution >= 0.6 is 11.6 Å². The van der Waals surface area contributed by atoms with Crippen molar-refractivity contribution in [1.82, 2.24) is 20.1 Å². The smallest absolute Gasteiger partial charge is 0.306 e. The predicted molar refractivity (Wildman–Crippen MR) is 110 cm³/mol. The Morgan fingerprint density at radius 1 is 1.10 bits per heavy atom. The summed E-state index contributed by atoms with van der Waals surface area (Å²) in [4.78, 5) is 35.4. The third-order valence-corrected chi connectivity index (χ3v) is 4.64. The zero-order chi connectivity index (χ0) is 20.9. The molecule has 1 N–H and O–H groups in total. The van der Waals surface area contributed by atoms with E-state index in [9.17, 15) is 9.59 Å². The summed E-state index contributed by atoms with van der Waals surface area (Å²) in [5.41, 5.74) is 1.19. The van der Waals surface area contributed by atoms with E-state index in [2.05, 4.69) is 20.1 Å². The molecule has 4 aromatic rings. The molecule has 8 nitrogen and oxygen atoms in total. The van der Waals surface area contributed by atoms with E-state index < -0.39 is 5.97 Å². The Labute approximate surface area is 175 Å². The second-order valence-electron chi connectivity index (χ2n) is 6.56. The summed E-state index contributed by atoms with van der Waals surface area (Å²) in [5, 5.41) is 5.02. The van der Waals surface area contributed by atoms with Gasteiger partial charge >= 0.3 is 5.97 Å². The highest BCUT2D eigenvalue weighted by molar-refractivity contribution is 6.30. The van der Waals surface area contributed by atoms with Crippen LogP contribution in [-0.2, 0) is 22.6 Å². The number of nitrogens with zero attached hydrogens (tertiary/aromatic N) is 3. The lowest BCUT2D eigenvalue weighted by atomic mass is 10.2. The number of halogens is 1. The number of aryl methyl sites for hydroxylation is 1. The number of para-hydroxylation sites is 1. The van der Waals surface area contributed by atoms with E-state index in [1.54, 1.807) is 42.5 Å². The van der Waals surface area contributed by atoms with Crippen molar-refractivity contribution in [2.24, 2.45) is 0 Å². The lowest BCUT2D eigenvalue weighted by Crippen LogP contribution is -2.12. The van der Waals surface area contributed by atoms with Gasteiger partial charge in [-0.1, -0.05) is 28.9 Å². The van der Waals surface area contributed by atoms with Crippen LogP contribution in [0.1, 0.15) is 24.6 Å². The zero-order valence-corrected chi connectivity index (χ0v) is 16.6. The van der Waals surface area contributed by atoms with Crippen molar-refractivity contribution in [2.75, 3.05) is 0 Å². The standard InChI is InChI=1S/C21H17ClN4O4/c22-14-10-8-13(9-11-14)20-25-18(30-26-20)12-29-19(27)7-3-6-17-23-16-5-2-1-4-15(16)21(28)24-17/h1-2,4-5,8-11H,3,6-7,12H2,(H,23,24,28). The van der Waals surface area contributed by atoms with Gasteiger partial charge in [0.2, 0.25) is 5.82 Å². The molecule has 0 aliphatic carbocycles. The van der Waals surface area contributed by atoms with Gasteiger partial charge < -0.3 is 14.2 Å². The molecule has 0 aliphatic rings. The summed E-state index contributed by atoms with van der Waals surface area (Å²) in [6, 6.07) is 14.1. The summed E-state index contributed by atoms with van der Waals surface area (Å²) in [7, 11) is 0. The summed E-state index contributed by atoms with van der Waals surface area (Å²) >= 11 is 5.86. The molecule has 2 heterocycles. The van der Waals surface area contributed by atoms with E-state index >= 15 is 0 Å². The highest BCUT2D eigenvalue weighted by atomic mass is 35.5. The summed E-state index contributed by atoms with van der Waals surface area (Å²) in [6.45, 7) is -0.107. The fourth-order valence-corrected chi connectivity index (χ4v) is 3.02. The molecule has 0 amide bonds. The number of aromatic amines is 1. The first-order chi connectivity index (χ1) is 14.6. The van der Waals surface area contributed by atoms with Crippen LogP contribution in [0.15, 0.2) is 57.8 Å². The second kappa shape index (κ2) is 8.87. The van der Waals surface area contributed by atoms with E-state index in [0.29, 0.717) is 40.4 Å². The molecule has 0 fully saturated rings. The third kappa shape index (κ3) is 4.72. The number of benzene rings is 2. The predicted octanol–water partition coefficient (Wildman–Crippen LogP) is 3.69. The molecule has 30 heavy (non-hydrogen) atoms. The minimum atomic E-state index is -0.399. The van der Waals surface area contributed by atoms with Crippen LogP contribution in [0.5, 0.6) is 0 Å². The largest absolute Gasteiger partial charge is 0.456 e. The lowest BCUT2D eigenvalue weighted by Gasteiger charge is -2.03. The normalized spacial score (nSPS) is 11.0. The fraction of sp³-hybridized carbons (Fsp3) is 0.190. The molecule has 2 aromatic carbocycles. The molecule has 0 unspecified atom stereocenters. The van der Waals surface area contributed by atoms with Crippen molar-refractivity contribution in [3.05, 3.63) is 75.6 Å².